The first kappa shape index (κ1) is 14.2. The largest absolute Gasteiger partial charge is 0.311 e. The molecule has 0 unspecified atom stereocenters. The van der Waals surface area contributed by atoms with E-state index in [4.69, 9.17) is 0 Å². The zero-order chi connectivity index (χ0) is 12.5. The lowest BCUT2D eigenvalue weighted by Crippen LogP contribution is -2.27. The molecule has 0 saturated carbocycles. The number of nitrogens with one attached hydrogen (secondary N) is 2. The SMILES string of the molecule is CCc1cc(CNCCCN(CC)CC)[nH]n1. The third-order valence-corrected chi connectivity index (χ3v) is 3.08. The van der Waals surface area contributed by atoms with Gasteiger partial charge in [-0.1, -0.05) is 20.8 Å². The van der Waals surface area contributed by atoms with Gasteiger partial charge in [0.25, 0.3) is 0 Å². The second-order valence-corrected chi connectivity index (χ2v) is 4.30. The monoisotopic (exact) mass is 238 g/mol. The first-order chi connectivity index (χ1) is 8.30. The minimum absolute atomic E-state index is 0.894. The Balaban J connectivity index is 2.07. The van der Waals surface area contributed by atoms with Gasteiger partial charge in [0, 0.05) is 12.2 Å². The lowest BCUT2D eigenvalue weighted by molar-refractivity contribution is 0.298. The van der Waals surface area contributed by atoms with Gasteiger partial charge in [0.05, 0.1) is 5.69 Å². The van der Waals surface area contributed by atoms with Gasteiger partial charge in [0.15, 0.2) is 0 Å². The van der Waals surface area contributed by atoms with Crippen molar-refractivity contribution in [3.8, 4) is 0 Å². The van der Waals surface area contributed by atoms with Gasteiger partial charge in [-0.05, 0) is 45.1 Å². The number of hydrogen-bond acceptors (Lipinski definition) is 3. The smallest absolute Gasteiger partial charge is 0.0622 e. The average Bonchev–Trinajstić information content (AvgIpc) is 2.82. The van der Waals surface area contributed by atoms with Gasteiger partial charge in [0.1, 0.15) is 0 Å². The zero-order valence-corrected chi connectivity index (χ0v) is 11.4. The van der Waals surface area contributed by atoms with Crippen LogP contribution in [0, 0.1) is 0 Å². The highest BCUT2D eigenvalue weighted by Gasteiger charge is 2.00. The topological polar surface area (TPSA) is 44.0 Å². The van der Waals surface area contributed by atoms with Crippen LogP contribution in [0.5, 0.6) is 0 Å². The summed E-state index contributed by atoms with van der Waals surface area (Å²) in [7, 11) is 0. The van der Waals surface area contributed by atoms with E-state index in [-0.39, 0.29) is 0 Å². The Morgan fingerprint density at radius 1 is 1.29 bits per heavy atom. The summed E-state index contributed by atoms with van der Waals surface area (Å²) in [6, 6.07) is 2.14. The van der Waals surface area contributed by atoms with Gasteiger partial charge in [0.2, 0.25) is 0 Å². The molecule has 4 heteroatoms. The van der Waals surface area contributed by atoms with E-state index in [9.17, 15) is 0 Å². The van der Waals surface area contributed by atoms with Crippen LogP contribution >= 0.6 is 0 Å². The lowest BCUT2D eigenvalue weighted by Gasteiger charge is -2.17. The van der Waals surface area contributed by atoms with Crippen LogP contribution in [0.1, 0.15) is 38.6 Å². The molecular weight excluding hydrogens is 212 g/mol. The summed E-state index contributed by atoms with van der Waals surface area (Å²) in [6.45, 7) is 12.0. The van der Waals surface area contributed by atoms with Gasteiger partial charge < -0.3 is 10.2 Å². The predicted octanol–water partition coefficient (Wildman–Crippen LogP) is 1.79. The van der Waals surface area contributed by atoms with E-state index >= 15 is 0 Å². The molecule has 4 nitrogen and oxygen atoms in total. The molecule has 1 heterocycles. The average molecular weight is 238 g/mol. The highest BCUT2D eigenvalue weighted by molar-refractivity contribution is 5.07. The third kappa shape index (κ3) is 5.33. The fourth-order valence-corrected chi connectivity index (χ4v) is 1.87. The molecule has 0 atom stereocenters. The molecule has 0 spiro atoms. The summed E-state index contributed by atoms with van der Waals surface area (Å²) in [5.41, 5.74) is 2.33. The summed E-state index contributed by atoms with van der Waals surface area (Å²) in [5.74, 6) is 0. The quantitative estimate of drug-likeness (QED) is 0.645. The van der Waals surface area contributed by atoms with E-state index in [0.29, 0.717) is 0 Å². The van der Waals surface area contributed by atoms with Crippen molar-refractivity contribution in [3.05, 3.63) is 17.5 Å². The van der Waals surface area contributed by atoms with Crippen molar-refractivity contribution in [2.75, 3.05) is 26.2 Å². The summed E-state index contributed by atoms with van der Waals surface area (Å²) < 4.78 is 0. The number of rotatable bonds is 9. The highest BCUT2D eigenvalue weighted by atomic mass is 15.1. The van der Waals surface area contributed by atoms with Gasteiger partial charge in [-0.15, -0.1) is 0 Å². The fourth-order valence-electron chi connectivity index (χ4n) is 1.87. The van der Waals surface area contributed by atoms with E-state index in [1.165, 1.54) is 18.7 Å². The highest BCUT2D eigenvalue weighted by Crippen LogP contribution is 1.99. The molecule has 0 aliphatic rings. The Kier molecular flexibility index (Phi) is 6.89. The van der Waals surface area contributed by atoms with Crippen molar-refractivity contribution in [3.63, 3.8) is 0 Å². The molecule has 0 aromatic carbocycles. The maximum Gasteiger partial charge on any atom is 0.0622 e. The van der Waals surface area contributed by atoms with Crippen LogP contribution in [0.25, 0.3) is 0 Å². The molecule has 0 bridgehead atoms. The van der Waals surface area contributed by atoms with Gasteiger partial charge in [-0.25, -0.2) is 0 Å². The minimum Gasteiger partial charge on any atom is -0.311 e. The van der Waals surface area contributed by atoms with Crippen molar-refractivity contribution in [1.29, 1.82) is 0 Å². The molecule has 0 amide bonds. The second-order valence-electron chi connectivity index (χ2n) is 4.30. The fraction of sp³-hybridized carbons (Fsp3) is 0.769. The number of H-pyrrole nitrogens is 1. The summed E-state index contributed by atoms with van der Waals surface area (Å²) in [6.07, 6.45) is 2.20. The van der Waals surface area contributed by atoms with Crippen molar-refractivity contribution in [2.45, 2.75) is 40.2 Å². The van der Waals surface area contributed by atoms with Gasteiger partial charge >= 0.3 is 0 Å². The first-order valence-corrected chi connectivity index (χ1v) is 6.76. The van der Waals surface area contributed by atoms with Crippen LogP contribution in [0.4, 0.5) is 0 Å². The number of aryl methyl sites for hydroxylation is 1. The normalized spacial score (nSPS) is 11.3. The molecule has 1 rings (SSSR count). The predicted molar refractivity (Wildman–Crippen MR) is 72.1 cm³/mol. The number of aromatic amines is 1. The molecule has 0 saturated heterocycles. The molecular formula is C13H26N4. The molecule has 2 N–H and O–H groups in total. The van der Waals surface area contributed by atoms with E-state index in [1.54, 1.807) is 0 Å². The molecule has 1 aromatic rings. The maximum absolute atomic E-state index is 4.22. The molecule has 0 fully saturated rings. The summed E-state index contributed by atoms with van der Waals surface area (Å²) in [4.78, 5) is 2.45. The van der Waals surface area contributed by atoms with Crippen LogP contribution in [0.3, 0.4) is 0 Å². The Morgan fingerprint density at radius 2 is 2.06 bits per heavy atom. The second kappa shape index (κ2) is 8.25. The van der Waals surface area contributed by atoms with E-state index in [2.05, 4.69) is 47.3 Å². The Morgan fingerprint density at radius 3 is 2.65 bits per heavy atom. The van der Waals surface area contributed by atoms with Crippen LogP contribution in [-0.2, 0) is 13.0 Å². The van der Waals surface area contributed by atoms with Crippen LogP contribution in [-0.4, -0.2) is 41.3 Å². The van der Waals surface area contributed by atoms with Crippen LogP contribution in [0.2, 0.25) is 0 Å². The molecule has 98 valence electrons. The van der Waals surface area contributed by atoms with Crippen molar-refractivity contribution >= 4 is 0 Å². The minimum atomic E-state index is 0.894. The Labute approximate surface area is 105 Å². The summed E-state index contributed by atoms with van der Waals surface area (Å²) in [5, 5.41) is 10.7. The van der Waals surface area contributed by atoms with E-state index < -0.39 is 0 Å². The molecule has 17 heavy (non-hydrogen) atoms. The number of hydrogen-bond donors (Lipinski definition) is 2. The molecule has 0 aliphatic carbocycles. The van der Waals surface area contributed by atoms with Crippen molar-refractivity contribution < 1.29 is 0 Å². The molecule has 1 aromatic heterocycles. The van der Waals surface area contributed by atoms with E-state index in [0.717, 1.165) is 38.3 Å². The van der Waals surface area contributed by atoms with Gasteiger partial charge in [-0.3, -0.25) is 5.10 Å². The molecule has 0 radical (unpaired) electrons. The molecule has 0 aliphatic heterocycles. The summed E-state index contributed by atoms with van der Waals surface area (Å²) >= 11 is 0. The number of aromatic nitrogens is 2. The van der Waals surface area contributed by atoms with Crippen molar-refractivity contribution in [1.82, 2.24) is 20.4 Å². The maximum atomic E-state index is 4.22. The Hall–Kier alpha value is -0.870. The van der Waals surface area contributed by atoms with Gasteiger partial charge in [-0.2, -0.15) is 5.10 Å². The van der Waals surface area contributed by atoms with E-state index in [1.807, 2.05) is 0 Å². The Bertz CT molecular complexity index is 291. The van der Waals surface area contributed by atoms with Crippen molar-refractivity contribution in [2.24, 2.45) is 0 Å². The first-order valence-electron chi connectivity index (χ1n) is 6.76. The van der Waals surface area contributed by atoms with Crippen LogP contribution in [0.15, 0.2) is 6.07 Å². The third-order valence-electron chi connectivity index (χ3n) is 3.08. The lowest BCUT2D eigenvalue weighted by atomic mass is 10.3. The zero-order valence-electron chi connectivity index (χ0n) is 11.4. The standard InChI is InChI=1S/C13H26N4/c1-4-12-10-13(16-15-12)11-14-8-7-9-17(5-2)6-3/h10,14H,4-9,11H2,1-3H3,(H,15,16). The van der Waals surface area contributed by atoms with Crippen LogP contribution < -0.4 is 5.32 Å². The number of nitrogens with zero attached hydrogens (tertiary/aromatic N) is 2.